The van der Waals surface area contributed by atoms with Gasteiger partial charge in [-0.1, -0.05) is 30.3 Å². The molecule has 0 unspecified atom stereocenters. The van der Waals surface area contributed by atoms with Gasteiger partial charge in [0.15, 0.2) is 5.96 Å². The van der Waals surface area contributed by atoms with Gasteiger partial charge in [-0.25, -0.2) is 4.99 Å². The predicted octanol–water partition coefficient (Wildman–Crippen LogP) is 4.55. The highest BCUT2D eigenvalue weighted by atomic mass is 16.5. The highest BCUT2D eigenvalue weighted by Gasteiger charge is 2.10. The van der Waals surface area contributed by atoms with E-state index in [9.17, 15) is 0 Å². The number of guanidine groups is 1. The van der Waals surface area contributed by atoms with Gasteiger partial charge in [-0.05, 0) is 69.0 Å². The number of nitrogens with one attached hydrogen (secondary N) is 1. The first-order valence-electron chi connectivity index (χ1n) is 8.58. The zero-order chi connectivity index (χ0) is 18.4. The molecule has 0 aliphatic carbocycles. The van der Waals surface area contributed by atoms with Crippen LogP contribution in [0.25, 0.3) is 0 Å². The monoisotopic (exact) mass is 339 g/mol. The molecule has 2 aromatic rings. The van der Waals surface area contributed by atoms with Gasteiger partial charge in [-0.3, -0.25) is 0 Å². The van der Waals surface area contributed by atoms with Gasteiger partial charge in [0.1, 0.15) is 0 Å². The summed E-state index contributed by atoms with van der Waals surface area (Å²) in [6.45, 7) is 11.4. The van der Waals surface area contributed by atoms with Crippen molar-refractivity contribution >= 4 is 11.6 Å². The summed E-state index contributed by atoms with van der Waals surface area (Å²) in [5, 5.41) is 3.16. The molecule has 0 amide bonds. The zero-order valence-electron chi connectivity index (χ0n) is 15.9. The number of nitrogens with two attached hydrogens (primary N) is 1. The van der Waals surface area contributed by atoms with Crippen LogP contribution in [0.5, 0.6) is 0 Å². The lowest BCUT2D eigenvalue weighted by molar-refractivity contribution is -0.0149. The Morgan fingerprint density at radius 3 is 2.32 bits per heavy atom. The summed E-state index contributed by atoms with van der Waals surface area (Å²) in [5.41, 5.74) is 11.5. The van der Waals surface area contributed by atoms with Crippen molar-refractivity contribution in [2.24, 2.45) is 10.7 Å². The number of hydrogen-bond donors (Lipinski definition) is 2. The van der Waals surface area contributed by atoms with Crippen molar-refractivity contribution in [3.05, 3.63) is 64.7 Å². The topological polar surface area (TPSA) is 59.6 Å². The number of anilines is 1. The molecule has 4 heteroatoms. The van der Waals surface area contributed by atoms with E-state index < -0.39 is 0 Å². The Kier molecular flexibility index (Phi) is 6.21. The number of ether oxygens (including phenoxy) is 1. The van der Waals surface area contributed by atoms with Crippen LogP contribution in [-0.2, 0) is 17.9 Å². The molecule has 0 saturated carbocycles. The minimum absolute atomic E-state index is 0.144. The molecule has 0 aliphatic heterocycles. The van der Waals surface area contributed by atoms with Crippen molar-refractivity contribution in [3.63, 3.8) is 0 Å². The minimum Gasteiger partial charge on any atom is -0.371 e. The van der Waals surface area contributed by atoms with Crippen LogP contribution >= 0.6 is 0 Å². The summed E-state index contributed by atoms with van der Waals surface area (Å²) in [6.07, 6.45) is 0. The second-order valence-electron chi connectivity index (χ2n) is 7.42. The van der Waals surface area contributed by atoms with Crippen LogP contribution in [-0.4, -0.2) is 11.6 Å². The van der Waals surface area contributed by atoms with Gasteiger partial charge in [0, 0.05) is 5.69 Å². The number of benzene rings is 2. The second kappa shape index (κ2) is 8.17. The third-order valence-electron chi connectivity index (χ3n) is 3.59. The summed E-state index contributed by atoms with van der Waals surface area (Å²) in [5.74, 6) is 0.418. The smallest absolute Gasteiger partial charge is 0.193 e. The molecule has 0 spiro atoms. The number of nitrogens with zero attached hydrogens (tertiary/aromatic N) is 1. The van der Waals surface area contributed by atoms with Gasteiger partial charge in [-0.15, -0.1) is 0 Å². The van der Waals surface area contributed by atoms with E-state index in [1.165, 1.54) is 11.1 Å². The Hall–Kier alpha value is -2.33. The highest BCUT2D eigenvalue weighted by Crippen LogP contribution is 2.15. The molecule has 0 saturated heterocycles. The summed E-state index contributed by atoms with van der Waals surface area (Å²) >= 11 is 0. The molecule has 0 atom stereocenters. The molecular weight excluding hydrogens is 310 g/mol. The van der Waals surface area contributed by atoms with E-state index in [-0.39, 0.29) is 5.60 Å². The molecule has 0 fully saturated rings. The number of aliphatic imine (C=N–C) groups is 1. The fourth-order valence-corrected chi connectivity index (χ4v) is 2.53. The molecule has 25 heavy (non-hydrogen) atoms. The van der Waals surface area contributed by atoms with E-state index in [1.54, 1.807) is 0 Å². The average molecular weight is 339 g/mol. The maximum Gasteiger partial charge on any atom is 0.193 e. The third kappa shape index (κ3) is 6.98. The van der Waals surface area contributed by atoms with Gasteiger partial charge in [-0.2, -0.15) is 0 Å². The van der Waals surface area contributed by atoms with E-state index in [0.29, 0.717) is 19.1 Å². The SMILES string of the molecule is Cc1cc(C)cc(NC(N)=NCc2cccc(COC(C)(C)C)c2)c1. The molecule has 4 nitrogen and oxygen atoms in total. The predicted molar refractivity (Wildman–Crippen MR) is 106 cm³/mol. The molecule has 3 N–H and O–H groups in total. The quantitative estimate of drug-likeness (QED) is 0.621. The molecular formula is C21H29N3O. The molecule has 2 rings (SSSR count). The molecule has 2 aromatic carbocycles. The Morgan fingerprint density at radius 1 is 1.04 bits per heavy atom. The van der Waals surface area contributed by atoms with Crippen LogP contribution in [0.2, 0.25) is 0 Å². The van der Waals surface area contributed by atoms with Crippen molar-refractivity contribution in [1.29, 1.82) is 0 Å². The molecule has 0 aromatic heterocycles. The largest absolute Gasteiger partial charge is 0.371 e. The first kappa shape index (κ1) is 19.0. The fraction of sp³-hybridized carbons (Fsp3) is 0.381. The summed E-state index contributed by atoms with van der Waals surface area (Å²) in [4.78, 5) is 4.44. The van der Waals surface area contributed by atoms with Crippen molar-refractivity contribution in [2.75, 3.05) is 5.32 Å². The molecule has 0 heterocycles. The van der Waals surface area contributed by atoms with Crippen LogP contribution in [0.1, 0.15) is 43.0 Å². The zero-order valence-corrected chi connectivity index (χ0v) is 15.9. The Labute approximate surface area is 151 Å². The number of hydrogen-bond acceptors (Lipinski definition) is 2. The molecule has 0 radical (unpaired) electrons. The summed E-state index contributed by atoms with van der Waals surface area (Å²) in [7, 11) is 0. The van der Waals surface area contributed by atoms with Crippen LogP contribution in [0, 0.1) is 13.8 Å². The lowest BCUT2D eigenvalue weighted by Crippen LogP contribution is -2.22. The minimum atomic E-state index is -0.144. The van der Waals surface area contributed by atoms with Gasteiger partial charge in [0.2, 0.25) is 0 Å². The van der Waals surface area contributed by atoms with E-state index in [1.807, 2.05) is 12.1 Å². The van der Waals surface area contributed by atoms with Crippen molar-refractivity contribution in [2.45, 2.75) is 53.4 Å². The maximum atomic E-state index is 6.02. The Morgan fingerprint density at radius 2 is 1.68 bits per heavy atom. The van der Waals surface area contributed by atoms with Crippen molar-refractivity contribution in [3.8, 4) is 0 Å². The van der Waals surface area contributed by atoms with Crippen LogP contribution in [0.3, 0.4) is 0 Å². The third-order valence-corrected chi connectivity index (χ3v) is 3.59. The van der Waals surface area contributed by atoms with E-state index in [0.717, 1.165) is 16.8 Å². The standard InChI is InChI=1S/C21H29N3O/c1-15-9-16(2)11-19(10-15)24-20(22)23-13-17-7-6-8-18(12-17)14-25-21(3,4)5/h6-12H,13-14H2,1-5H3,(H3,22,23,24). The fourth-order valence-electron chi connectivity index (χ4n) is 2.53. The Bertz CT molecular complexity index is 725. The normalized spacial score (nSPS) is 12.3. The van der Waals surface area contributed by atoms with E-state index >= 15 is 0 Å². The second-order valence-corrected chi connectivity index (χ2v) is 7.42. The van der Waals surface area contributed by atoms with Crippen molar-refractivity contribution < 1.29 is 4.74 Å². The van der Waals surface area contributed by atoms with Crippen LogP contribution in [0.4, 0.5) is 5.69 Å². The van der Waals surface area contributed by atoms with Gasteiger partial charge >= 0.3 is 0 Å². The summed E-state index contributed by atoms with van der Waals surface area (Å²) in [6, 6.07) is 14.5. The van der Waals surface area contributed by atoms with Gasteiger partial charge in [0.25, 0.3) is 0 Å². The highest BCUT2D eigenvalue weighted by molar-refractivity contribution is 5.92. The van der Waals surface area contributed by atoms with E-state index in [2.05, 4.69) is 75.3 Å². The number of rotatable bonds is 5. The first-order chi connectivity index (χ1) is 11.7. The first-order valence-corrected chi connectivity index (χ1v) is 8.58. The van der Waals surface area contributed by atoms with Gasteiger partial charge in [0.05, 0.1) is 18.8 Å². The molecule has 0 bridgehead atoms. The lowest BCUT2D eigenvalue weighted by Gasteiger charge is -2.19. The maximum absolute atomic E-state index is 6.02. The van der Waals surface area contributed by atoms with Crippen LogP contribution in [0.15, 0.2) is 47.5 Å². The van der Waals surface area contributed by atoms with Gasteiger partial charge < -0.3 is 15.8 Å². The lowest BCUT2D eigenvalue weighted by atomic mass is 10.1. The average Bonchev–Trinajstić information content (AvgIpc) is 2.50. The number of aryl methyl sites for hydroxylation is 2. The summed E-state index contributed by atoms with van der Waals surface area (Å²) < 4.78 is 5.82. The molecule has 0 aliphatic rings. The molecule has 134 valence electrons. The van der Waals surface area contributed by atoms with E-state index in [4.69, 9.17) is 10.5 Å². The van der Waals surface area contributed by atoms with Crippen LogP contribution < -0.4 is 11.1 Å². The van der Waals surface area contributed by atoms with Crippen molar-refractivity contribution in [1.82, 2.24) is 0 Å². The Balaban J connectivity index is 1.98.